The Morgan fingerprint density at radius 2 is 1.86 bits per heavy atom. The number of nitrogens with two attached hydrogens (primary N) is 1. The van der Waals surface area contributed by atoms with Crippen LogP contribution in [0, 0.1) is 12.8 Å². The molecule has 3 N–H and O–H groups in total. The fourth-order valence-electron chi connectivity index (χ4n) is 4.07. The number of anilines is 1. The number of hydrogen-bond donors (Lipinski definition) is 2. The van der Waals surface area contributed by atoms with E-state index >= 15 is 0 Å². The first-order valence-corrected chi connectivity index (χ1v) is 10.5. The lowest BCUT2D eigenvalue weighted by atomic mass is 10.0. The number of hydrogen-bond acceptors (Lipinski definition) is 5. The van der Waals surface area contributed by atoms with E-state index in [1.165, 1.54) is 0 Å². The number of aryl methyl sites for hydroxylation is 1. The third kappa shape index (κ3) is 4.70. The molecule has 3 aliphatic rings. The Morgan fingerprint density at radius 3 is 2.54 bits per heavy atom. The molecule has 1 amide bonds. The minimum absolute atomic E-state index is 0.266. The van der Waals surface area contributed by atoms with E-state index in [1.807, 2.05) is 19.2 Å². The topological polar surface area (TPSA) is 92.8 Å². The number of rotatable bonds is 5. The highest BCUT2D eigenvalue weighted by Crippen LogP contribution is 2.30. The third-order valence-corrected chi connectivity index (χ3v) is 5.95. The molecule has 0 spiro atoms. The van der Waals surface area contributed by atoms with Gasteiger partial charge in [0.1, 0.15) is 11.7 Å². The average Bonchev–Trinajstić information content (AvgIpc) is 3.55. The highest BCUT2D eigenvalue weighted by molar-refractivity contribution is 6.06. The summed E-state index contributed by atoms with van der Waals surface area (Å²) in [6.45, 7) is 5.45. The van der Waals surface area contributed by atoms with Crippen molar-refractivity contribution in [1.82, 2.24) is 10.3 Å². The number of amidine groups is 1. The van der Waals surface area contributed by atoms with Crippen LogP contribution in [0.4, 0.5) is 5.82 Å². The van der Waals surface area contributed by atoms with Gasteiger partial charge in [0, 0.05) is 50.5 Å². The van der Waals surface area contributed by atoms with Crippen molar-refractivity contribution < 1.29 is 9.53 Å². The van der Waals surface area contributed by atoms with E-state index in [0.717, 1.165) is 76.2 Å². The molecule has 3 fully saturated rings. The zero-order valence-corrected chi connectivity index (χ0v) is 16.7. The number of carbonyl (C=O) groups is 1. The van der Waals surface area contributed by atoms with Crippen LogP contribution >= 0.6 is 0 Å². The Bertz CT molecular complexity index is 732. The van der Waals surface area contributed by atoms with E-state index in [2.05, 4.69) is 20.2 Å². The number of aliphatic imine (C=N–C) groups is 1. The van der Waals surface area contributed by atoms with E-state index in [4.69, 9.17) is 10.5 Å². The van der Waals surface area contributed by atoms with Crippen LogP contribution in [0.3, 0.4) is 0 Å². The minimum Gasteiger partial charge on any atom is -0.387 e. The first kappa shape index (κ1) is 19.3. The lowest BCUT2D eigenvalue weighted by Gasteiger charge is -2.36. The standard InChI is InChI=1S/C21H31N5O2/c1-14-12-18(21(27)25-19(22)15-2-3-15)20(23-13-14)26-8-4-16(5-9-26)24-17-6-10-28-11-7-17/h12-13,15-17,24H,2-11H2,1H3,(H2,22,25,27). The molecule has 1 aromatic rings. The first-order valence-electron chi connectivity index (χ1n) is 10.5. The highest BCUT2D eigenvalue weighted by Gasteiger charge is 2.28. The van der Waals surface area contributed by atoms with E-state index in [1.54, 1.807) is 0 Å². The summed E-state index contributed by atoms with van der Waals surface area (Å²) < 4.78 is 5.45. The number of nitrogens with one attached hydrogen (secondary N) is 1. The molecule has 1 saturated carbocycles. The van der Waals surface area contributed by atoms with E-state index in [0.29, 0.717) is 23.5 Å². The van der Waals surface area contributed by atoms with Crippen LogP contribution in [-0.4, -0.2) is 55.1 Å². The number of ether oxygens (including phenoxy) is 1. The first-order chi connectivity index (χ1) is 13.6. The molecular weight excluding hydrogens is 354 g/mol. The maximum absolute atomic E-state index is 12.8. The molecule has 0 aromatic carbocycles. The normalized spacial score (nSPS) is 22.5. The van der Waals surface area contributed by atoms with Crippen molar-refractivity contribution in [2.24, 2.45) is 16.6 Å². The van der Waals surface area contributed by atoms with Gasteiger partial charge in [-0.2, -0.15) is 4.99 Å². The minimum atomic E-state index is -0.266. The van der Waals surface area contributed by atoms with E-state index in [-0.39, 0.29) is 11.8 Å². The number of piperidine rings is 1. The predicted molar refractivity (Wildman–Crippen MR) is 110 cm³/mol. The monoisotopic (exact) mass is 385 g/mol. The number of carbonyl (C=O) groups excluding carboxylic acids is 1. The molecule has 0 unspecified atom stereocenters. The van der Waals surface area contributed by atoms with Gasteiger partial charge in [-0.1, -0.05) is 0 Å². The summed E-state index contributed by atoms with van der Waals surface area (Å²) in [5.74, 6) is 1.24. The number of pyridine rings is 1. The fourth-order valence-corrected chi connectivity index (χ4v) is 4.07. The maximum atomic E-state index is 12.8. The van der Waals surface area contributed by atoms with Gasteiger partial charge in [-0.05, 0) is 57.1 Å². The lowest BCUT2D eigenvalue weighted by Crippen LogP contribution is -2.48. The molecule has 4 rings (SSSR count). The van der Waals surface area contributed by atoms with E-state index < -0.39 is 0 Å². The molecule has 7 nitrogen and oxygen atoms in total. The van der Waals surface area contributed by atoms with Crippen molar-refractivity contribution >= 4 is 17.6 Å². The Labute approximate surface area is 166 Å². The summed E-state index contributed by atoms with van der Waals surface area (Å²) in [6, 6.07) is 2.98. The van der Waals surface area contributed by atoms with Crippen molar-refractivity contribution in [3.63, 3.8) is 0 Å². The zero-order chi connectivity index (χ0) is 19.5. The summed E-state index contributed by atoms with van der Waals surface area (Å²) in [5.41, 5.74) is 7.50. The van der Waals surface area contributed by atoms with Crippen molar-refractivity contribution in [2.75, 3.05) is 31.2 Å². The Kier molecular flexibility index (Phi) is 5.92. The van der Waals surface area contributed by atoms with Gasteiger partial charge < -0.3 is 20.7 Å². The molecule has 1 aliphatic carbocycles. The average molecular weight is 386 g/mol. The van der Waals surface area contributed by atoms with Crippen LogP contribution in [0.15, 0.2) is 17.3 Å². The van der Waals surface area contributed by atoms with Gasteiger partial charge in [-0.25, -0.2) is 4.98 Å². The van der Waals surface area contributed by atoms with Gasteiger partial charge >= 0.3 is 0 Å². The van der Waals surface area contributed by atoms with Crippen molar-refractivity contribution in [1.29, 1.82) is 0 Å². The molecule has 3 heterocycles. The van der Waals surface area contributed by atoms with Gasteiger partial charge in [0.15, 0.2) is 0 Å². The maximum Gasteiger partial charge on any atom is 0.282 e. The second-order valence-corrected chi connectivity index (χ2v) is 8.31. The van der Waals surface area contributed by atoms with E-state index in [9.17, 15) is 4.79 Å². The molecule has 0 radical (unpaired) electrons. The summed E-state index contributed by atoms with van der Waals surface area (Å²) in [4.78, 5) is 23.7. The molecule has 2 aliphatic heterocycles. The number of amides is 1. The van der Waals surface area contributed by atoms with Crippen LogP contribution in [0.2, 0.25) is 0 Å². The molecule has 7 heteroatoms. The second-order valence-electron chi connectivity index (χ2n) is 8.31. The SMILES string of the molecule is Cc1cnc(N2CCC(NC3CCOCC3)CC2)c(C(=O)N=C(N)C2CC2)c1. The number of nitrogens with zero attached hydrogens (tertiary/aromatic N) is 3. The summed E-state index contributed by atoms with van der Waals surface area (Å²) >= 11 is 0. The largest absolute Gasteiger partial charge is 0.387 e. The van der Waals surface area contributed by atoms with Crippen molar-refractivity contribution in [3.05, 3.63) is 23.4 Å². The Hall–Kier alpha value is -1.99. The van der Waals surface area contributed by atoms with Crippen LogP contribution in [-0.2, 0) is 4.74 Å². The van der Waals surface area contributed by atoms with Gasteiger partial charge in [-0.3, -0.25) is 4.79 Å². The predicted octanol–water partition coefficient (Wildman–Crippen LogP) is 2.03. The van der Waals surface area contributed by atoms with Crippen LogP contribution < -0.4 is 16.0 Å². The third-order valence-electron chi connectivity index (χ3n) is 5.95. The zero-order valence-electron chi connectivity index (χ0n) is 16.7. The van der Waals surface area contributed by atoms with Crippen molar-refractivity contribution in [2.45, 2.75) is 57.5 Å². The van der Waals surface area contributed by atoms with Gasteiger partial charge in [0.25, 0.3) is 5.91 Å². The van der Waals surface area contributed by atoms with Gasteiger partial charge in [0.2, 0.25) is 0 Å². The molecule has 28 heavy (non-hydrogen) atoms. The molecule has 2 saturated heterocycles. The van der Waals surface area contributed by atoms with Crippen molar-refractivity contribution in [3.8, 4) is 0 Å². The molecule has 0 bridgehead atoms. The molecule has 0 atom stereocenters. The molecule has 152 valence electrons. The lowest BCUT2D eigenvalue weighted by molar-refractivity contribution is 0.0738. The second kappa shape index (κ2) is 8.57. The smallest absolute Gasteiger partial charge is 0.282 e. The van der Waals surface area contributed by atoms with Crippen LogP contribution in [0.25, 0.3) is 0 Å². The Morgan fingerprint density at radius 1 is 1.18 bits per heavy atom. The molecule has 1 aromatic heterocycles. The number of aromatic nitrogens is 1. The molecular formula is C21H31N5O2. The quantitative estimate of drug-likeness (QED) is 0.595. The Balaban J connectivity index is 1.41. The van der Waals surface area contributed by atoms with Crippen LogP contribution in [0.1, 0.15) is 54.4 Å². The summed E-state index contributed by atoms with van der Waals surface area (Å²) in [5, 5.41) is 3.79. The summed E-state index contributed by atoms with van der Waals surface area (Å²) in [6.07, 6.45) is 8.19. The highest BCUT2D eigenvalue weighted by atomic mass is 16.5. The van der Waals surface area contributed by atoms with Gasteiger partial charge in [-0.15, -0.1) is 0 Å². The fraction of sp³-hybridized carbons (Fsp3) is 0.667. The van der Waals surface area contributed by atoms with Crippen LogP contribution in [0.5, 0.6) is 0 Å². The summed E-state index contributed by atoms with van der Waals surface area (Å²) in [7, 11) is 0. The van der Waals surface area contributed by atoms with Gasteiger partial charge in [0.05, 0.1) is 5.56 Å².